The number of carbonyl (C=O) groups excluding carboxylic acids is 1. The molecule has 0 radical (unpaired) electrons. The Balaban J connectivity index is 2.48. The Kier molecular flexibility index (Phi) is 3.53. The van der Waals surface area contributed by atoms with Gasteiger partial charge < -0.3 is 5.32 Å². The molecule has 0 aromatic carbocycles. The van der Waals surface area contributed by atoms with Crippen LogP contribution >= 0.6 is 11.6 Å². The van der Waals surface area contributed by atoms with E-state index in [9.17, 15) is 4.79 Å². The molecule has 6 heteroatoms. The third-order valence-corrected chi connectivity index (χ3v) is 2.49. The summed E-state index contributed by atoms with van der Waals surface area (Å²) in [6.45, 7) is 3.18. The number of carbonyl (C=O) groups is 1. The molecule has 0 bridgehead atoms. The van der Waals surface area contributed by atoms with E-state index >= 15 is 0 Å². The van der Waals surface area contributed by atoms with Gasteiger partial charge in [0, 0.05) is 30.9 Å². The number of nitrogens with one attached hydrogen (secondary N) is 1. The van der Waals surface area contributed by atoms with E-state index in [0.717, 1.165) is 5.56 Å². The van der Waals surface area contributed by atoms with Gasteiger partial charge in [-0.15, -0.1) is 0 Å². The maximum absolute atomic E-state index is 11.0. The van der Waals surface area contributed by atoms with Crippen LogP contribution in [0.1, 0.15) is 12.7 Å². The van der Waals surface area contributed by atoms with E-state index in [-0.39, 0.29) is 5.91 Å². The number of nitrogens with zero attached hydrogens (tertiary/aromatic N) is 3. The van der Waals surface area contributed by atoms with Crippen molar-refractivity contribution in [3.8, 4) is 11.3 Å². The SMILES string of the molecule is CC(=O)Nc1cc(-c2ccncc2Cl)nc(C)n1. The summed E-state index contributed by atoms with van der Waals surface area (Å²) in [5.41, 5.74) is 1.41. The van der Waals surface area contributed by atoms with Gasteiger partial charge in [-0.1, -0.05) is 11.6 Å². The molecule has 0 aliphatic carbocycles. The molecule has 18 heavy (non-hydrogen) atoms. The average molecular weight is 263 g/mol. The molecule has 2 rings (SSSR count). The van der Waals surface area contributed by atoms with Crippen molar-refractivity contribution in [3.05, 3.63) is 35.4 Å². The molecule has 0 aliphatic heterocycles. The van der Waals surface area contributed by atoms with Crippen LogP contribution in [0.15, 0.2) is 24.5 Å². The van der Waals surface area contributed by atoms with E-state index in [2.05, 4.69) is 20.3 Å². The van der Waals surface area contributed by atoms with Crippen molar-refractivity contribution >= 4 is 23.3 Å². The molecule has 0 atom stereocenters. The van der Waals surface area contributed by atoms with Gasteiger partial charge in [0.2, 0.25) is 5.91 Å². The summed E-state index contributed by atoms with van der Waals surface area (Å²) in [5, 5.41) is 3.13. The molecular formula is C12H11ClN4O. The molecule has 2 heterocycles. The van der Waals surface area contributed by atoms with Crippen molar-refractivity contribution < 1.29 is 4.79 Å². The predicted molar refractivity (Wildman–Crippen MR) is 69.3 cm³/mol. The Morgan fingerprint density at radius 3 is 2.83 bits per heavy atom. The molecule has 0 unspecified atom stereocenters. The first-order valence-corrected chi connectivity index (χ1v) is 5.67. The number of halogens is 1. The molecule has 92 valence electrons. The zero-order valence-electron chi connectivity index (χ0n) is 9.94. The first-order chi connectivity index (χ1) is 8.56. The Labute approximate surface area is 109 Å². The van der Waals surface area contributed by atoms with Crippen molar-refractivity contribution in [1.82, 2.24) is 15.0 Å². The van der Waals surface area contributed by atoms with Crippen LogP contribution in [0.4, 0.5) is 5.82 Å². The molecular weight excluding hydrogens is 252 g/mol. The van der Waals surface area contributed by atoms with E-state index in [1.165, 1.54) is 6.92 Å². The van der Waals surface area contributed by atoms with Crippen LogP contribution in [0.2, 0.25) is 5.02 Å². The number of hydrogen-bond donors (Lipinski definition) is 1. The molecule has 1 N–H and O–H groups in total. The summed E-state index contributed by atoms with van der Waals surface area (Å²) in [7, 11) is 0. The Bertz CT molecular complexity index is 600. The largest absolute Gasteiger partial charge is 0.311 e. The third-order valence-electron chi connectivity index (χ3n) is 2.19. The lowest BCUT2D eigenvalue weighted by molar-refractivity contribution is -0.114. The number of hydrogen-bond acceptors (Lipinski definition) is 4. The number of aromatic nitrogens is 3. The molecule has 0 saturated carbocycles. The van der Waals surface area contributed by atoms with Gasteiger partial charge in [-0.2, -0.15) is 0 Å². The summed E-state index contributed by atoms with van der Waals surface area (Å²) in [5.74, 6) is 0.835. The van der Waals surface area contributed by atoms with Crippen LogP contribution < -0.4 is 5.32 Å². The predicted octanol–water partition coefficient (Wildman–Crippen LogP) is 2.46. The normalized spacial score (nSPS) is 10.2. The van der Waals surface area contributed by atoms with Crippen LogP contribution in [0.3, 0.4) is 0 Å². The van der Waals surface area contributed by atoms with Gasteiger partial charge in [0.15, 0.2) is 0 Å². The number of rotatable bonds is 2. The van der Waals surface area contributed by atoms with Crippen LogP contribution in [-0.4, -0.2) is 20.9 Å². The third kappa shape index (κ3) is 2.81. The summed E-state index contributed by atoms with van der Waals surface area (Å²) in [4.78, 5) is 23.4. The zero-order valence-corrected chi connectivity index (χ0v) is 10.7. The van der Waals surface area contributed by atoms with Crippen molar-refractivity contribution in [3.63, 3.8) is 0 Å². The van der Waals surface area contributed by atoms with Crippen LogP contribution in [0, 0.1) is 6.92 Å². The number of pyridine rings is 1. The fourth-order valence-corrected chi connectivity index (χ4v) is 1.75. The van der Waals surface area contributed by atoms with E-state index in [4.69, 9.17) is 11.6 Å². The van der Waals surface area contributed by atoms with E-state index in [1.54, 1.807) is 31.5 Å². The van der Waals surface area contributed by atoms with Gasteiger partial charge in [0.25, 0.3) is 0 Å². The molecule has 0 fully saturated rings. The second-order valence-corrected chi connectivity index (χ2v) is 4.13. The highest BCUT2D eigenvalue weighted by atomic mass is 35.5. The van der Waals surface area contributed by atoms with Gasteiger partial charge in [-0.25, -0.2) is 9.97 Å². The molecule has 0 spiro atoms. The summed E-state index contributed by atoms with van der Waals surface area (Å²) in [6.07, 6.45) is 3.18. The average Bonchev–Trinajstić information content (AvgIpc) is 2.27. The van der Waals surface area contributed by atoms with E-state index in [0.29, 0.717) is 22.4 Å². The Hall–Kier alpha value is -2.01. The van der Waals surface area contributed by atoms with Gasteiger partial charge >= 0.3 is 0 Å². The first kappa shape index (κ1) is 12.4. The quantitative estimate of drug-likeness (QED) is 0.903. The smallest absolute Gasteiger partial charge is 0.222 e. The Morgan fingerprint density at radius 2 is 2.17 bits per heavy atom. The maximum Gasteiger partial charge on any atom is 0.222 e. The maximum atomic E-state index is 11.0. The minimum absolute atomic E-state index is 0.181. The Morgan fingerprint density at radius 1 is 1.39 bits per heavy atom. The summed E-state index contributed by atoms with van der Waals surface area (Å²) in [6, 6.07) is 3.44. The number of anilines is 1. The molecule has 2 aromatic heterocycles. The number of amides is 1. The van der Waals surface area contributed by atoms with Gasteiger partial charge in [0.05, 0.1) is 10.7 Å². The van der Waals surface area contributed by atoms with Crippen molar-refractivity contribution in [2.45, 2.75) is 13.8 Å². The topological polar surface area (TPSA) is 67.8 Å². The minimum Gasteiger partial charge on any atom is -0.311 e. The van der Waals surface area contributed by atoms with Gasteiger partial charge in [-0.3, -0.25) is 9.78 Å². The van der Waals surface area contributed by atoms with Gasteiger partial charge in [-0.05, 0) is 13.0 Å². The molecule has 0 aliphatic rings. The summed E-state index contributed by atoms with van der Waals surface area (Å²) >= 11 is 6.06. The molecule has 5 nitrogen and oxygen atoms in total. The van der Waals surface area contributed by atoms with Crippen LogP contribution in [0.5, 0.6) is 0 Å². The van der Waals surface area contributed by atoms with Crippen molar-refractivity contribution in [1.29, 1.82) is 0 Å². The zero-order chi connectivity index (χ0) is 13.1. The minimum atomic E-state index is -0.181. The lowest BCUT2D eigenvalue weighted by Crippen LogP contribution is -2.09. The second-order valence-electron chi connectivity index (χ2n) is 3.72. The molecule has 1 amide bonds. The van der Waals surface area contributed by atoms with Crippen LogP contribution in [-0.2, 0) is 4.79 Å². The second kappa shape index (κ2) is 5.10. The molecule has 0 saturated heterocycles. The highest BCUT2D eigenvalue weighted by molar-refractivity contribution is 6.33. The van der Waals surface area contributed by atoms with Gasteiger partial charge in [0.1, 0.15) is 11.6 Å². The van der Waals surface area contributed by atoms with Crippen molar-refractivity contribution in [2.75, 3.05) is 5.32 Å². The highest BCUT2D eigenvalue weighted by Gasteiger charge is 2.08. The van der Waals surface area contributed by atoms with Crippen LogP contribution in [0.25, 0.3) is 11.3 Å². The fraction of sp³-hybridized carbons (Fsp3) is 0.167. The standard InChI is InChI=1S/C12H11ClN4O/c1-7-15-11(5-12(16-7)17-8(2)18)9-3-4-14-6-10(9)13/h3-6H,1-2H3,(H,15,16,17,18). The fourth-order valence-electron chi connectivity index (χ4n) is 1.53. The monoisotopic (exact) mass is 262 g/mol. The van der Waals surface area contributed by atoms with E-state index in [1.807, 2.05) is 0 Å². The van der Waals surface area contributed by atoms with Crippen molar-refractivity contribution in [2.24, 2.45) is 0 Å². The lowest BCUT2D eigenvalue weighted by atomic mass is 10.2. The van der Waals surface area contributed by atoms with E-state index < -0.39 is 0 Å². The summed E-state index contributed by atoms with van der Waals surface area (Å²) < 4.78 is 0. The lowest BCUT2D eigenvalue weighted by Gasteiger charge is -2.07. The first-order valence-electron chi connectivity index (χ1n) is 5.29. The molecule has 2 aromatic rings. The number of aryl methyl sites for hydroxylation is 1. The highest BCUT2D eigenvalue weighted by Crippen LogP contribution is 2.26.